The minimum Gasteiger partial charge on any atom is -0.444 e. The van der Waals surface area contributed by atoms with Gasteiger partial charge in [0.1, 0.15) is 12.4 Å². The van der Waals surface area contributed by atoms with E-state index in [1.807, 2.05) is 0 Å². The molecule has 0 spiro atoms. The number of nitro groups is 1. The van der Waals surface area contributed by atoms with Gasteiger partial charge in [-0.2, -0.15) is 0 Å². The van der Waals surface area contributed by atoms with Crippen molar-refractivity contribution in [3.05, 3.63) is 34.4 Å². The molecule has 1 rings (SSSR count). The molecule has 0 saturated carbocycles. The molecule has 0 aromatic heterocycles. The predicted octanol–water partition coefficient (Wildman–Crippen LogP) is 2.90. The third kappa shape index (κ3) is 4.77. The van der Waals surface area contributed by atoms with Crippen LogP contribution in [0.4, 0.5) is 10.1 Å². The number of halogens is 1. The molecule has 0 saturated heterocycles. The second kappa shape index (κ2) is 6.05. The van der Waals surface area contributed by atoms with E-state index in [4.69, 9.17) is 20.9 Å². The molecule has 0 bridgehead atoms. The van der Waals surface area contributed by atoms with Crippen LogP contribution in [0.1, 0.15) is 0 Å². The first-order valence-electron chi connectivity index (χ1n) is 4.67. The zero-order valence-corrected chi connectivity index (χ0v) is 10.7. The van der Waals surface area contributed by atoms with Crippen LogP contribution < -0.4 is 4.52 Å². The lowest BCUT2D eigenvalue weighted by Gasteiger charge is -2.17. The number of nitro benzene ring substituents is 1. The van der Waals surface area contributed by atoms with E-state index < -0.39 is 18.1 Å². The molecule has 1 aromatic carbocycles. The normalized spacial score (nSPS) is 14.0. The number of hydrogen-bond donors (Lipinski definition) is 0. The average Bonchev–Trinajstić information content (AvgIpc) is 2.26. The zero-order valence-electron chi connectivity index (χ0n) is 9.04. The minimum atomic E-state index is -2.55. The van der Waals surface area contributed by atoms with Crippen LogP contribution in [-0.4, -0.2) is 24.9 Å². The van der Waals surface area contributed by atoms with Gasteiger partial charge in [-0.15, -0.1) is 0 Å². The maximum absolute atomic E-state index is 11.9. The van der Waals surface area contributed by atoms with E-state index in [0.29, 0.717) is 5.75 Å². The largest absolute Gasteiger partial charge is 0.444 e. The highest BCUT2D eigenvalue weighted by Gasteiger charge is 2.14. The number of benzene rings is 1. The molecule has 0 aliphatic carbocycles. The Morgan fingerprint density at radius 3 is 2.53 bits per heavy atom. The molecule has 0 aliphatic rings. The predicted molar refractivity (Wildman–Crippen MR) is 65.9 cm³/mol. The highest BCUT2D eigenvalue weighted by molar-refractivity contribution is 8.09. The van der Waals surface area contributed by atoms with Gasteiger partial charge in [0.25, 0.3) is 5.69 Å². The van der Waals surface area contributed by atoms with Crippen molar-refractivity contribution in [3.63, 3.8) is 0 Å². The average molecular weight is 279 g/mol. The van der Waals surface area contributed by atoms with Gasteiger partial charge in [-0.25, -0.2) is 4.39 Å². The van der Waals surface area contributed by atoms with Gasteiger partial charge in [-0.3, -0.25) is 10.1 Å². The Labute approximate surface area is 103 Å². The van der Waals surface area contributed by atoms with Crippen molar-refractivity contribution < 1.29 is 18.4 Å². The minimum absolute atomic E-state index is 0.0357. The summed E-state index contributed by atoms with van der Waals surface area (Å²) in [7, 11) is 0. The quantitative estimate of drug-likeness (QED) is 0.455. The van der Waals surface area contributed by atoms with Gasteiger partial charge in [0.15, 0.2) is 0 Å². The molecule has 17 heavy (non-hydrogen) atoms. The van der Waals surface area contributed by atoms with Crippen molar-refractivity contribution in [3.8, 4) is 5.75 Å². The first-order chi connectivity index (χ1) is 7.94. The first-order valence-corrected chi connectivity index (χ1v) is 7.75. The summed E-state index contributed by atoms with van der Waals surface area (Å²) in [4.78, 5) is 9.92. The van der Waals surface area contributed by atoms with Crippen LogP contribution in [0.2, 0.25) is 0 Å². The highest BCUT2D eigenvalue weighted by atomic mass is 32.5. The molecule has 0 aliphatic heterocycles. The van der Waals surface area contributed by atoms with Gasteiger partial charge in [-0.05, 0) is 23.9 Å². The molecule has 0 heterocycles. The van der Waals surface area contributed by atoms with E-state index in [0.717, 1.165) is 0 Å². The smallest absolute Gasteiger partial charge is 0.269 e. The summed E-state index contributed by atoms with van der Waals surface area (Å²) in [6, 6.07) is 5.47. The first kappa shape index (κ1) is 14.0. The fourth-order valence-electron chi connectivity index (χ4n) is 1.05. The summed E-state index contributed by atoms with van der Waals surface area (Å²) in [5, 5.41) is 10.4. The zero-order chi connectivity index (χ0) is 12.9. The third-order valence-electron chi connectivity index (χ3n) is 1.72. The van der Waals surface area contributed by atoms with E-state index in [1.54, 1.807) is 6.66 Å². The Bertz CT molecular complexity index is 439. The topological polar surface area (TPSA) is 61.6 Å². The molecular weight excluding hydrogens is 268 g/mol. The van der Waals surface area contributed by atoms with Gasteiger partial charge in [0, 0.05) is 18.8 Å². The van der Waals surface area contributed by atoms with Crippen LogP contribution in [0.15, 0.2) is 24.3 Å². The lowest BCUT2D eigenvalue weighted by molar-refractivity contribution is -0.384. The molecule has 0 radical (unpaired) electrons. The SMILES string of the molecule is CP(=S)(OCCF)Oc1ccc([N+](=O)[O-])cc1. The van der Waals surface area contributed by atoms with Gasteiger partial charge in [-0.1, -0.05) is 0 Å². The summed E-state index contributed by atoms with van der Waals surface area (Å²) < 4.78 is 22.3. The Balaban J connectivity index is 2.68. The Morgan fingerprint density at radius 1 is 1.47 bits per heavy atom. The van der Waals surface area contributed by atoms with Crippen LogP contribution in [-0.2, 0) is 16.3 Å². The fraction of sp³-hybridized carbons (Fsp3) is 0.333. The number of non-ortho nitro benzene ring substituents is 1. The van der Waals surface area contributed by atoms with Gasteiger partial charge in [0.2, 0.25) is 6.49 Å². The standard InChI is InChI=1S/C9H11FNO4PS/c1-16(17,14-7-6-10)15-9-4-2-8(3-5-9)11(12)13/h2-5H,6-7H2,1H3. The van der Waals surface area contributed by atoms with E-state index in [2.05, 4.69) is 0 Å². The monoisotopic (exact) mass is 279 g/mol. The van der Waals surface area contributed by atoms with Gasteiger partial charge >= 0.3 is 0 Å². The third-order valence-corrected chi connectivity index (χ3v) is 3.46. The maximum atomic E-state index is 11.9. The van der Waals surface area contributed by atoms with Crippen molar-refractivity contribution in [1.82, 2.24) is 0 Å². The molecule has 94 valence electrons. The van der Waals surface area contributed by atoms with Crippen LogP contribution in [0.3, 0.4) is 0 Å². The van der Waals surface area contributed by atoms with E-state index >= 15 is 0 Å². The number of hydrogen-bond acceptors (Lipinski definition) is 5. The number of nitrogens with zero attached hydrogens (tertiary/aromatic N) is 1. The van der Waals surface area contributed by atoms with E-state index in [9.17, 15) is 14.5 Å². The second-order valence-electron chi connectivity index (χ2n) is 3.14. The summed E-state index contributed by atoms with van der Waals surface area (Å²) in [5.74, 6) is 0.375. The van der Waals surface area contributed by atoms with Crippen molar-refractivity contribution in [2.75, 3.05) is 19.9 Å². The molecule has 1 aromatic rings. The molecule has 5 nitrogen and oxygen atoms in total. The van der Waals surface area contributed by atoms with Gasteiger partial charge in [0.05, 0.1) is 11.5 Å². The lowest BCUT2D eigenvalue weighted by Crippen LogP contribution is -1.99. The molecule has 1 atom stereocenters. The van der Waals surface area contributed by atoms with E-state index in [1.165, 1.54) is 24.3 Å². The Hall–Kier alpha value is -1.04. The lowest BCUT2D eigenvalue weighted by atomic mass is 10.3. The summed E-state index contributed by atoms with van der Waals surface area (Å²) >= 11 is 5.04. The molecule has 8 heteroatoms. The highest BCUT2D eigenvalue weighted by Crippen LogP contribution is 2.44. The van der Waals surface area contributed by atoms with Crippen molar-refractivity contribution >= 4 is 24.0 Å². The van der Waals surface area contributed by atoms with Crippen LogP contribution in [0, 0.1) is 10.1 Å². The summed E-state index contributed by atoms with van der Waals surface area (Å²) in [6.07, 6.45) is 0. The number of rotatable bonds is 6. The molecule has 1 unspecified atom stereocenters. The van der Waals surface area contributed by atoms with Crippen molar-refractivity contribution in [2.24, 2.45) is 0 Å². The summed E-state index contributed by atoms with van der Waals surface area (Å²) in [5.41, 5.74) is -0.0357. The van der Waals surface area contributed by atoms with Crippen molar-refractivity contribution in [1.29, 1.82) is 0 Å². The fourth-order valence-corrected chi connectivity index (χ4v) is 2.49. The van der Waals surface area contributed by atoms with E-state index in [-0.39, 0.29) is 12.3 Å². The molecular formula is C9H11FNO4PS. The molecule has 0 amide bonds. The second-order valence-corrected chi connectivity index (χ2v) is 7.11. The van der Waals surface area contributed by atoms with Gasteiger partial charge < -0.3 is 9.05 Å². The summed E-state index contributed by atoms with van der Waals surface area (Å²) in [6.45, 7) is -1.72. The maximum Gasteiger partial charge on any atom is 0.269 e. The Morgan fingerprint density at radius 2 is 2.06 bits per heavy atom. The van der Waals surface area contributed by atoms with Crippen LogP contribution >= 0.6 is 6.49 Å². The van der Waals surface area contributed by atoms with Crippen molar-refractivity contribution in [2.45, 2.75) is 0 Å². The van der Waals surface area contributed by atoms with Crippen LogP contribution in [0.25, 0.3) is 0 Å². The molecule has 0 N–H and O–H groups in total. The number of alkyl halides is 1. The van der Waals surface area contributed by atoms with Crippen LogP contribution in [0.5, 0.6) is 5.75 Å². The Kier molecular flexibility index (Phi) is 4.99. The molecule has 0 fully saturated rings.